The lowest BCUT2D eigenvalue weighted by molar-refractivity contribution is 0.101. The van der Waals surface area contributed by atoms with E-state index in [1.54, 1.807) is 0 Å². The molecule has 2 aromatic rings. The Morgan fingerprint density at radius 2 is 2.21 bits per heavy atom. The number of nitrogens with zero attached hydrogens (tertiary/aromatic N) is 6. The maximum Gasteiger partial charge on any atom is 0.270 e. The van der Waals surface area contributed by atoms with Crippen molar-refractivity contribution in [1.29, 1.82) is 0 Å². The number of hydrogen-bond donors (Lipinski definition) is 2. The highest BCUT2D eigenvalue weighted by molar-refractivity contribution is 6.04. The zero-order chi connectivity index (χ0) is 16.9. The summed E-state index contributed by atoms with van der Waals surface area (Å²) in [5, 5.41) is 15.5. The van der Waals surface area contributed by atoms with Crippen molar-refractivity contribution in [3.8, 4) is 5.88 Å². The first kappa shape index (κ1) is 16.1. The number of carbonyl (C=O) groups is 1. The van der Waals surface area contributed by atoms with Crippen molar-refractivity contribution >= 4 is 17.8 Å². The summed E-state index contributed by atoms with van der Waals surface area (Å²) < 4.78 is 11.0. The van der Waals surface area contributed by atoms with E-state index >= 15 is 0 Å². The number of amides is 1. The SMILES string of the molecule is CC(C)Oc1nc(N2CCOCC2)ncc1C(=O)Nc1nn[nH]n1. The van der Waals surface area contributed by atoms with Crippen LogP contribution < -0.4 is 15.0 Å². The number of aromatic amines is 1. The van der Waals surface area contributed by atoms with Gasteiger partial charge >= 0.3 is 0 Å². The summed E-state index contributed by atoms with van der Waals surface area (Å²) in [5.74, 6) is 0.306. The topological polar surface area (TPSA) is 131 Å². The molecule has 24 heavy (non-hydrogen) atoms. The molecule has 128 valence electrons. The van der Waals surface area contributed by atoms with E-state index in [2.05, 4.69) is 35.9 Å². The Hall–Kier alpha value is -2.82. The summed E-state index contributed by atoms with van der Waals surface area (Å²) >= 11 is 0. The number of carbonyl (C=O) groups excluding carboxylic acids is 1. The third-order valence-corrected chi connectivity index (χ3v) is 3.20. The molecule has 1 aliphatic rings. The molecule has 11 heteroatoms. The lowest BCUT2D eigenvalue weighted by Crippen LogP contribution is -2.37. The monoisotopic (exact) mass is 334 g/mol. The van der Waals surface area contributed by atoms with Crippen molar-refractivity contribution in [1.82, 2.24) is 30.6 Å². The van der Waals surface area contributed by atoms with Crippen LogP contribution in [0.5, 0.6) is 5.88 Å². The van der Waals surface area contributed by atoms with Crippen LogP contribution in [-0.2, 0) is 4.74 Å². The quantitative estimate of drug-likeness (QED) is 0.767. The van der Waals surface area contributed by atoms with Gasteiger partial charge in [-0.2, -0.15) is 10.2 Å². The Bertz CT molecular complexity index is 685. The lowest BCUT2D eigenvalue weighted by Gasteiger charge is -2.27. The van der Waals surface area contributed by atoms with Gasteiger partial charge in [-0.05, 0) is 19.1 Å². The Morgan fingerprint density at radius 3 is 2.88 bits per heavy atom. The number of rotatable bonds is 5. The number of ether oxygens (including phenoxy) is 2. The molecule has 0 spiro atoms. The maximum absolute atomic E-state index is 12.4. The largest absolute Gasteiger partial charge is 0.474 e. The van der Waals surface area contributed by atoms with E-state index in [9.17, 15) is 4.79 Å². The van der Waals surface area contributed by atoms with Crippen LogP contribution in [0.1, 0.15) is 24.2 Å². The van der Waals surface area contributed by atoms with Crippen LogP contribution in [0, 0.1) is 0 Å². The average Bonchev–Trinajstić information content (AvgIpc) is 3.08. The van der Waals surface area contributed by atoms with Gasteiger partial charge in [0.15, 0.2) is 0 Å². The predicted molar refractivity (Wildman–Crippen MR) is 83.0 cm³/mol. The third kappa shape index (κ3) is 3.74. The second-order valence-corrected chi connectivity index (χ2v) is 5.34. The Balaban J connectivity index is 1.85. The van der Waals surface area contributed by atoms with Crippen LogP contribution in [0.4, 0.5) is 11.9 Å². The van der Waals surface area contributed by atoms with E-state index in [4.69, 9.17) is 9.47 Å². The van der Waals surface area contributed by atoms with Gasteiger partial charge in [-0.15, -0.1) is 5.10 Å². The molecule has 1 saturated heterocycles. The summed E-state index contributed by atoms with van der Waals surface area (Å²) in [5.41, 5.74) is 0.200. The third-order valence-electron chi connectivity index (χ3n) is 3.20. The molecule has 0 radical (unpaired) electrons. The van der Waals surface area contributed by atoms with Crippen molar-refractivity contribution in [2.24, 2.45) is 0 Å². The summed E-state index contributed by atoms with van der Waals surface area (Å²) in [6.07, 6.45) is 1.29. The minimum Gasteiger partial charge on any atom is -0.474 e. The fourth-order valence-corrected chi connectivity index (χ4v) is 2.13. The van der Waals surface area contributed by atoms with E-state index in [0.717, 1.165) is 0 Å². The first-order chi connectivity index (χ1) is 11.6. The van der Waals surface area contributed by atoms with E-state index < -0.39 is 5.91 Å². The van der Waals surface area contributed by atoms with Crippen LogP contribution in [0.3, 0.4) is 0 Å². The second kappa shape index (κ2) is 7.17. The van der Waals surface area contributed by atoms with Gasteiger partial charge in [0.05, 0.1) is 19.3 Å². The highest BCUT2D eigenvalue weighted by atomic mass is 16.5. The fourth-order valence-electron chi connectivity index (χ4n) is 2.13. The molecule has 3 rings (SSSR count). The molecule has 11 nitrogen and oxygen atoms in total. The van der Waals surface area contributed by atoms with E-state index in [-0.39, 0.29) is 23.5 Å². The highest BCUT2D eigenvalue weighted by Crippen LogP contribution is 2.21. The molecule has 2 N–H and O–H groups in total. The summed E-state index contributed by atoms with van der Waals surface area (Å²) in [4.78, 5) is 23.0. The molecule has 1 amide bonds. The normalized spacial score (nSPS) is 14.7. The van der Waals surface area contributed by atoms with Crippen molar-refractivity contribution < 1.29 is 14.3 Å². The molecule has 3 heterocycles. The molecule has 0 aromatic carbocycles. The number of anilines is 2. The number of nitrogens with one attached hydrogen (secondary N) is 2. The van der Waals surface area contributed by atoms with Crippen LogP contribution in [-0.4, -0.2) is 68.9 Å². The van der Waals surface area contributed by atoms with Gasteiger partial charge in [-0.3, -0.25) is 10.1 Å². The first-order valence-electron chi connectivity index (χ1n) is 7.54. The van der Waals surface area contributed by atoms with Crippen LogP contribution >= 0.6 is 0 Å². The van der Waals surface area contributed by atoms with Crippen LogP contribution in [0.15, 0.2) is 6.20 Å². The standard InChI is InChI=1S/C13H18N8O3/c1-8(2)24-11-9(10(22)15-12-17-19-20-18-12)7-14-13(16-11)21-3-5-23-6-4-21/h7-8H,3-6H2,1-2H3,(H2,15,17,18,19,20,22). The summed E-state index contributed by atoms with van der Waals surface area (Å²) in [7, 11) is 0. The molecule has 1 fully saturated rings. The van der Waals surface area contributed by atoms with Gasteiger partial charge in [0.2, 0.25) is 11.8 Å². The van der Waals surface area contributed by atoms with E-state index in [0.29, 0.717) is 32.3 Å². The Labute approximate surface area is 137 Å². The van der Waals surface area contributed by atoms with Gasteiger partial charge in [0.25, 0.3) is 11.9 Å². The molecular weight excluding hydrogens is 316 g/mol. The maximum atomic E-state index is 12.4. The van der Waals surface area contributed by atoms with Gasteiger partial charge in [-0.25, -0.2) is 4.98 Å². The number of hydrogen-bond acceptors (Lipinski definition) is 9. The van der Waals surface area contributed by atoms with Gasteiger partial charge < -0.3 is 14.4 Å². The lowest BCUT2D eigenvalue weighted by atomic mass is 10.3. The number of morpholine rings is 1. The average molecular weight is 334 g/mol. The summed E-state index contributed by atoms with van der Waals surface area (Å²) in [6, 6.07) is 0. The Morgan fingerprint density at radius 1 is 1.42 bits per heavy atom. The fraction of sp³-hybridized carbons (Fsp3) is 0.538. The number of tetrazole rings is 1. The van der Waals surface area contributed by atoms with Gasteiger partial charge in [0, 0.05) is 19.3 Å². The van der Waals surface area contributed by atoms with Crippen LogP contribution in [0.2, 0.25) is 0 Å². The van der Waals surface area contributed by atoms with Gasteiger partial charge in [0.1, 0.15) is 5.56 Å². The summed E-state index contributed by atoms with van der Waals surface area (Å²) in [6.45, 7) is 6.33. The van der Waals surface area contributed by atoms with E-state index in [1.165, 1.54) is 6.20 Å². The minimum absolute atomic E-state index is 0.0627. The zero-order valence-corrected chi connectivity index (χ0v) is 13.4. The first-order valence-corrected chi connectivity index (χ1v) is 7.54. The van der Waals surface area contributed by atoms with Crippen molar-refractivity contribution in [2.45, 2.75) is 20.0 Å². The molecule has 0 bridgehead atoms. The second-order valence-electron chi connectivity index (χ2n) is 5.34. The zero-order valence-electron chi connectivity index (χ0n) is 13.4. The van der Waals surface area contributed by atoms with Crippen molar-refractivity contribution in [3.63, 3.8) is 0 Å². The molecule has 1 aliphatic heterocycles. The van der Waals surface area contributed by atoms with Crippen molar-refractivity contribution in [3.05, 3.63) is 11.8 Å². The molecule has 2 aromatic heterocycles. The molecule has 0 atom stereocenters. The smallest absolute Gasteiger partial charge is 0.270 e. The molecule has 0 saturated carbocycles. The number of H-pyrrole nitrogens is 1. The molecule has 0 unspecified atom stereocenters. The Kier molecular flexibility index (Phi) is 4.79. The van der Waals surface area contributed by atoms with Gasteiger partial charge in [-0.1, -0.05) is 5.10 Å². The predicted octanol–water partition coefficient (Wildman–Crippen LogP) is -0.134. The van der Waals surface area contributed by atoms with E-state index in [1.807, 2.05) is 18.7 Å². The number of aromatic nitrogens is 6. The van der Waals surface area contributed by atoms with Crippen LogP contribution in [0.25, 0.3) is 0 Å². The molecule has 0 aliphatic carbocycles. The minimum atomic E-state index is -0.472. The highest BCUT2D eigenvalue weighted by Gasteiger charge is 2.21. The molecular formula is C13H18N8O3. The van der Waals surface area contributed by atoms with Crippen molar-refractivity contribution in [2.75, 3.05) is 36.5 Å².